The number of fused-ring (bicyclic) bond motifs is 1. The zero-order valence-corrected chi connectivity index (χ0v) is 12.6. The quantitative estimate of drug-likeness (QED) is 0.725. The van der Waals surface area contributed by atoms with E-state index in [-0.39, 0.29) is 22.4 Å². The first-order chi connectivity index (χ1) is 8.04. The lowest BCUT2D eigenvalue weighted by molar-refractivity contribution is 0.0361. The molecule has 1 nitrogen and oxygen atoms in total. The van der Waals surface area contributed by atoms with Crippen LogP contribution in [0.3, 0.4) is 0 Å². The van der Waals surface area contributed by atoms with Crippen LogP contribution >= 0.6 is 0 Å². The topological polar surface area (TPSA) is 3.24 Å². The molecule has 4 atom stereocenters. The summed E-state index contributed by atoms with van der Waals surface area (Å²) in [5, 5.41) is 0. The molecule has 0 aromatic heterocycles. The zero-order chi connectivity index (χ0) is 13.9. The van der Waals surface area contributed by atoms with Crippen LogP contribution in [-0.4, -0.2) is 35.4 Å². The molecular formula is C15H27F2N. The number of hydrogen-bond acceptors (Lipinski definition) is 1. The SMILES string of the molecule is CC(C)(C)[C@@H]1C[C@@]2(C(F)CF)CC2N1C(C)(C)C. The minimum atomic E-state index is -1.28. The van der Waals surface area contributed by atoms with Crippen LogP contribution < -0.4 is 0 Å². The third-order valence-electron chi connectivity index (χ3n) is 4.86. The Bertz CT molecular complexity index is 328. The molecular weight excluding hydrogens is 232 g/mol. The maximum atomic E-state index is 14.0. The molecule has 1 saturated carbocycles. The highest BCUT2D eigenvalue weighted by atomic mass is 19.2. The fraction of sp³-hybridized carbons (Fsp3) is 1.00. The molecule has 2 rings (SSSR count). The molecule has 1 aliphatic heterocycles. The molecule has 0 N–H and O–H groups in total. The van der Waals surface area contributed by atoms with Gasteiger partial charge in [0.05, 0.1) is 0 Å². The molecule has 0 spiro atoms. The largest absolute Gasteiger partial charge is 0.291 e. The smallest absolute Gasteiger partial charge is 0.136 e. The van der Waals surface area contributed by atoms with Crippen molar-refractivity contribution in [1.29, 1.82) is 0 Å². The van der Waals surface area contributed by atoms with Gasteiger partial charge in [0.2, 0.25) is 0 Å². The van der Waals surface area contributed by atoms with Crippen LogP contribution in [-0.2, 0) is 0 Å². The summed E-state index contributed by atoms with van der Waals surface area (Å²) in [4.78, 5) is 2.45. The van der Waals surface area contributed by atoms with E-state index in [1.165, 1.54) is 0 Å². The predicted octanol–water partition coefficient (Wildman–Crippen LogP) is 3.97. The Hall–Kier alpha value is -0.180. The van der Waals surface area contributed by atoms with Crippen LogP contribution in [0.25, 0.3) is 0 Å². The van der Waals surface area contributed by atoms with Gasteiger partial charge in [0.25, 0.3) is 0 Å². The van der Waals surface area contributed by atoms with Crippen molar-refractivity contribution in [1.82, 2.24) is 4.90 Å². The lowest BCUT2D eigenvalue weighted by Gasteiger charge is -2.45. The summed E-state index contributed by atoms with van der Waals surface area (Å²) in [6, 6.07) is 0.591. The van der Waals surface area contributed by atoms with Gasteiger partial charge in [0.15, 0.2) is 0 Å². The van der Waals surface area contributed by atoms with Gasteiger partial charge in [-0.1, -0.05) is 20.8 Å². The van der Waals surface area contributed by atoms with E-state index in [0.717, 1.165) is 12.8 Å². The highest BCUT2D eigenvalue weighted by Gasteiger charge is 2.71. The standard InChI is InChI=1S/C15H27F2N/c1-13(2,3)11-7-15(10(17)9-16)8-12(15)18(11)14(4,5)6/h10-12H,7-9H2,1-6H3/t10?,11-,12?,15-/m0/s1. The number of halogens is 2. The number of nitrogens with zero attached hydrogens (tertiary/aromatic N) is 1. The van der Waals surface area contributed by atoms with Gasteiger partial charge in [0.1, 0.15) is 12.8 Å². The minimum absolute atomic E-state index is 0.0247. The minimum Gasteiger partial charge on any atom is -0.291 e. The second-order valence-electron chi connectivity index (χ2n) is 8.24. The van der Waals surface area contributed by atoms with E-state index < -0.39 is 12.8 Å². The summed E-state index contributed by atoms with van der Waals surface area (Å²) in [5.41, 5.74) is -0.249. The number of likely N-dealkylation sites (tertiary alicyclic amines) is 1. The van der Waals surface area contributed by atoms with E-state index in [1.54, 1.807) is 0 Å². The number of piperidine rings is 1. The summed E-state index contributed by atoms with van der Waals surface area (Å²) >= 11 is 0. The van der Waals surface area contributed by atoms with Gasteiger partial charge in [-0.15, -0.1) is 0 Å². The van der Waals surface area contributed by atoms with Crippen LogP contribution in [0.1, 0.15) is 54.4 Å². The van der Waals surface area contributed by atoms with Crippen LogP contribution in [0, 0.1) is 10.8 Å². The second kappa shape index (κ2) is 3.91. The first-order valence-electron chi connectivity index (χ1n) is 7.02. The summed E-state index contributed by atoms with van der Waals surface area (Å²) in [5.74, 6) is 0. The first-order valence-corrected chi connectivity index (χ1v) is 7.02. The molecule has 3 heteroatoms. The molecule has 0 aromatic rings. The Morgan fingerprint density at radius 1 is 1.17 bits per heavy atom. The number of alkyl halides is 2. The van der Waals surface area contributed by atoms with E-state index in [2.05, 4.69) is 46.4 Å². The molecule has 0 bridgehead atoms. The fourth-order valence-electron chi connectivity index (χ4n) is 3.85. The molecule has 2 aliphatic rings. The van der Waals surface area contributed by atoms with Crippen molar-refractivity contribution < 1.29 is 8.78 Å². The van der Waals surface area contributed by atoms with Gasteiger partial charge in [-0.25, -0.2) is 8.78 Å². The maximum absolute atomic E-state index is 14.0. The van der Waals surface area contributed by atoms with Crippen molar-refractivity contribution in [3.8, 4) is 0 Å². The predicted molar refractivity (Wildman–Crippen MR) is 71.2 cm³/mol. The molecule has 2 fully saturated rings. The van der Waals surface area contributed by atoms with Gasteiger partial charge in [0, 0.05) is 23.0 Å². The molecule has 1 saturated heterocycles. The van der Waals surface area contributed by atoms with Gasteiger partial charge in [-0.2, -0.15) is 0 Å². The lowest BCUT2D eigenvalue weighted by atomic mass is 9.79. The first kappa shape index (κ1) is 14.2. The monoisotopic (exact) mass is 259 g/mol. The molecule has 1 heterocycles. The molecule has 0 aromatic carbocycles. The fourth-order valence-corrected chi connectivity index (χ4v) is 3.85. The van der Waals surface area contributed by atoms with Crippen molar-refractivity contribution >= 4 is 0 Å². The summed E-state index contributed by atoms with van der Waals surface area (Å²) in [6.45, 7) is 12.3. The molecule has 106 valence electrons. The Morgan fingerprint density at radius 2 is 1.72 bits per heavy atom. The highest BCUT2D eigenvalue weighted by molar-refractivity contribution is 5.23. The normalized spacial score (nSPS) is 38.7. The average molecular weight is 259 g/mol. The molecule has 0 radical (unpaired) electrons. The van der Waals surface area contributed by atoms with E-state index in [9.17, 15) is 8.78 Å². The lowest BCUT2D eigenvalue weighted by Crippen LogP contribution is -2.51. The molecule has 18 heavy (non-hydrogen) atoms. The van der Waals surface area contributed by atoms with Gasteiger partial charge < -0.3 is 0 Å². The van der Waals surface area contributed by atoms with Gasteiger partial charge in [-0.3, -0.25) is 4.90 Å². The Labute approximate surface area is 110 Å². The zero-order valence-electron chi connectivity index (χ0n) is 12.6. The van der Waals surface area contributed by atoms with E-state index in [4.69, 9.17) is 0 Å². The van der Waals surface area contributed by atoms with E-state index >= 15 is 0 Å². The number of rotatable bonds is 2. The van der Waals surface area contributed by atoms with Crippen LogP contribution in [0.15, 0.2) is 0 Å². The van der Waals surface area contributed by atoms with Crippen molar-refractivity contribution in [3.05, 3.63) is 0 Å². The Kier molecular flexibility index (Phi) is 3.09. The molecule has 0 amide bonds. The van der Waals surface area contributed by atoms with Crippen molar-refractivity contribution in [2.75, 3.05) is 6.67 Å². The van der Waals surface area contributed by atoms with Gasteiger partial charge >= 0.3 is 0 Å². The summed E-state index contributed by atoms with van der Waals surface area (Å²) in [6.07, 6.45) is 0.366. The number of hydrogen-bond donors (Lipinski definition) is 0. The third-order valence-corrected chi connectivity index (χ3v) is 4.86. The average Bonchev–Trinajstić information content (AvgIpc) is 2.80. The summed E-state index contributed by atoms with van der Waals surface area (Å²) < 4.78 is 26.7. The third kappa shape index (κ3) is 1.99. The highest BCUT2D eigenvalue weighted by Crippen LogP contribution is 2.66. The van der Waals surface area contributed by atoms with Gasteiger partial charge in [-0.05, 0) is 39.0 Å². The second-order valence-corrected chi connectivity index (χ2v) is 8.24. The van der Waals surface area contributed by atoms with Crippen molar-refractivity contribution in [3.63, 3.8) is 0 Å². The molecule has 1 aliphatic carbocycles. The Morgan fingerprint density at radius 3 is 2.06 bits per heavy atom. The van der Waals surface area contributed by atoms with Crippen LogP contribution in [0.4, 0.5) is 8.78 Å². The van der Waals surface area contributed by atoms with Crippen LogP contribution in [0.2, 0.25) is 0 Å². The van der Waals surface area contributed by atoms with E-state index in [1.807, 2.05) is 0 Å². The van der Waals surface area contributed by atoms with Crippen molar-refractivity contribution in [2.45, 2.75) is 78.2 Å². The molecule has 2 unspecified atom stereocenters. The maximum Gasteiger partial charge on any atom is 0.136 e. The summed E-state index contributed by atoms with van der Waals surface area (Å²) in [7, 11) is 0. The van der Waals surface area contributed by atoms with Crippen molar-refractivity contribution in [2.24, 2.45) is 10.8 Å². The van der Waals surface area contributed by atoms with Crippen LogP contribution in [0.5, 0.6) is 0 Å². The van der Waals surface area contributed by atoms with E-state index in [0.29, 0.717) is 6.04 Å². The Balaban J connectivity index is 2.29.